The lowest BCUT2D eigenvalue weighted by Crippen LogP contribution is -2.41. The maximum Gasteiger partial charge on any atom is 0.497 e. The van der Waals surface area contributed by atoms with E-state index in [1.165, 1.54) is 0 Å². The molecular weight excluding hydrogens is 417 g/mol. The highest BCUT2D eigenvalue weighted by Gasteiger charge is 2.53. The van der Waals surface area contributed by atoms with Gasteiger partial charge in [0.05, 0.1) is 11.2 Å². The van der Waals surface area contributed by atoms with Gasteiger partial charge in [-0.05, 0) is 55.5 Å². The van der Waals surface area contributed by atoms with Crippen molar-refractivity contribution in [2.45, 2.75) is 38.9 Å². The molecular formula is C30H30BNO2. The maximum absolute atomic E-state index is 7.00. The van der Waals surface area contributed by atoms with Crippen molar-refractivity contribution in [1.29, 1.82) is 0 Å². The largest absolute Gasteiger partial charge is 0.497 e. The van der Waals surface area contributed by atoms with Gasteiger partial charge in [-0.3, -0.25) is 0 Å². The van der Waals surface area contributed by atoms with E-state index in [2.05, 4.69) is 100 Å². The van der Waals surface area contributed by atoms with Crippen LogP contribution in [0.5, 0.6) is 0 Å². The van der Waals surface area contributed by atoms with Gasteiger partial charge in [-0.15, -0.1) is 0 Å². The minimum absolute atomic E-state index is 0.462. The molecule has 1 saturated heterocycles. The smallest absolute Gasteiger partial charge is 0.399 e. The fourth-order valence-corrected chi connectivity index (χ4v) is 4.54. The second-order valence-corrected chi connectivity index (χ2v) is 9.85. The zero-order valence-electron chi connectivity index (χ0n) is 20.2. The van der Waals surface area contributed by atoms with E-state index in [4.69, 9.17) is 15.0 Å². The first-order valence-electron chi connectivity index (χ1n) is 11.8. The number of nitrogens with two attached hydrogens (primary N) is 1. The molecule has 5 rings (SSSR count). The molecule has 0 amide bonds. The molecule has 0 aliphatic carbocycles. The summed E-state index contributed by atoms with van der Waals surface area (Å²) in [7, 11) is -0.566. The third-order valence-electron chi connectivity index (χ3n) is 7.16. The molecule has 4 heteroatoms. The Balaban J connectivity index is 1.72. The van der Waals surface area contributed by atoms with Crippen molar-refractivity contribution in [3.63, 3.8) is 0 Å². The zero-order valence-corrected chi connectivity index (χ0v) is 20.2. The Labute approximate surface area is 202 Å². The number of hydrogen-bond donors (Lipinski definition) is 1. The van der Waals surface area contributed by atoms with Crippen LogP contribution in [-0.2, 0) is 9.31 Å². The summed E-state index contributed by atoms with van der Waals surface area (Å²) in [5.41, 5.74) is 14.1. The number of benzene rings is 4. The van der Waals surface area contributed by atoms with Gasteiger partial charge in [-0.25, -0.2) is 0 Å². The predicted molar refractivity (Wildman–Crippen MR) is 143 cm³/mol. The zero-order chi connectivity index (χ0) is 23.9. The van der Waals surface area contributed by atoms with Gasteiger partial charge in [-0.2, -0.15) is 0 Å². The van der Waals surface area contributed by atoms with Crippen LogP contribution in [-0.4, -0.2) is 18.3 Å². The van der Waals surface area contributed by atoms with Gasteiger partial charge in [0.2, 0.25) is 0 Å². The second-order valence-electron chi connectivity index (χ2n) is 9.85. The van der Waals surface area contributed by atoms with Crippen molar-refractivity contribution >= 4 is 18.3 Å². The summed E-state index contributed by atoms with van der Waals surface area (Å²) < 4.78 is 13.0. The molecule has 170 valence electrons. The molecule has 1 aliphatic rings. The maximum atomic E-state index is 7.00. The van der Waals surface area contributed by atoms with E-state index < -0.39 is 18.3 Å². The average molecular weight is 447 g/mol. The highest BCUT2D eigenvalue weighted by molar-refractivity contribution is 6.66. The Morgan fingerprint density at radius 2 is 0.971 bits per heavy atom. The van der Waals surface area contributed by atoms with Crippen molar-refractivity contribution in [3.8, 4) is 33.4 Å². The van der Waals surface area contributed by atoms with Gasteiger partial charge in [0.25, 0.3) is 0 Å². The molecule has 4 aromatic carbocycles. The number of anilines is 1. The molecule has 0 atom stereocenters. The van der Waals surface area contributed by atoms with Gasteiger partial charge in [0, 0.05) is 16.7 Å². The second kappa shape index (κ2) is 8.46. The van der Waals surface area contributed by atoms with Gasteiger partial charge >= 0.3 is 7.12 Å². The number of hydrogen-bond acceptors (Lipinski definition) is 3. The summed E-state index contributed by atoms with van der Waals surface area (Å²) in [6.45, 7) is 8.28. The van der Waals surface area contributed by atoms with Crippen molar-refractivity contribution in [3.05, 3.63) is 97.1 Å². The lowest BCUT2D eigenvalue weighted by atomic mass is 9.71. The fraction of sp³-hybridized carbons (Fsp3) is 0.200. The normalized spacial score (nSPS) is 16.5. The Bertz CT molecular complexity index is 1300. The van der Waals surface area contributed by atoms with Crippen LogP contribution >= 0.6 is 0 Å². The first-order chi connectivity index (χ1) is 16.3. The Morgan fingerprint density at radius 3 is 1.53 bits per heavy atom. The van der Waals surface area contributed by atoms with Crippen LogP contribution in [0.2, 0.25) is 0 Å². The standard InChI is InChI=1S/C30H30BNO2/c1-29(2)30(3,4)34-31(33-29)27-24(22-15-9-6-10-16-22)19-20-26(28(27)32)25-18-12-11-17-23(25)21-13-7-5-8-14-21/h5-20H,32H2,1-4H3. The predicted octanol–water partition coefficient (Wildman–Crippen LogP) is 6.57. The molecule has 0 unspecified atom stereocenters. The van der Waals surface area contributed by atoms with Crippen LogP contribution in [0.25, 0.3) is 33.4 Å². The van der Waals surface area contributed by atoms with Crippen molar-refractivity contribution in [2.75, 3.05) is 5.73 Å². The Morgan fingerprint density at radius 1 is 0.529 bits per heavy atom. The van der Waals surface area contributed by atoms with Gasteiger partial charge in [-0.1, -0.05) is 97.1 Å². The third kappa shape index (κ3) is 3.83. The number of rotatable bonds is 4. The van der Waals surface area contributed by atoms with E-state index in [9.17, 15) is 0 Å². The van der Waals surface area contributed by atoms with Crippen LogP contribution in [0.3, 0.4) is 0 Å². The Hall–Kier alpha value is -3.34. The lowest BCUT2D eigenvalue weighted by molar-refractivity contribution is 0.00578. The van der Waals surface area contributed by atoms with E-state index in [1.807, 2.05) is 24.3 Å². The monoisotopic (exact) mass is 447 g/mol. The fourth-order valence-electron chi connectivity index (χ4n) is 4.54. The van der Waals surface area contributed by atoms with Crippen molar-refractivity contribution in [1.82, 2.24) is 0 Å². The van der Waals surface area contributed by atoms with E-state index >= 15 is 0 Å². The summed E-state index contributed by atoms with van der Waals surface area (Å²) in [5, 5.41) is 0. The highest BCUT2D eigenvalue weighted by atomic mass is 16.7. The van der Waals surface area contributed by atoms with E-state index in [0.29, 0.717) is 5.69 Å². The first-order valence-corrected chi connectivity index (χ1v) is 11.8. The molecule has 1 aliphatic heterocycles. The molecule has 34 heavy (non-hydrogen) atoms. The summed E-state index contributed by atoms with van der Waals surface area (Å²) >= 11 is 0. The van der Waals surface area contributed by atoms with Crippen LogP contribution in [0, 0.1) is 0 Å². The van der Waals surface area contributed by atoms with Crippen LogP contribution in [0.1, 0.15) is 27.7 Å². The average Bonchev–Trinajstić information content (AvgIpc) is 3.06. The molecule has 0 aromatic heterocycles. The van der Waals surface area contributed by atoms with Crippen LogP contribution in [0.15, 0.2) is 97.1 Å². The summed E-state index contributed by atoms with van der Waals surface area (Å²) in [5.74, 6) is 0. The molecule has 4 aromatic rings. The van der Waals surface area contributed by atoms with Crippen molar-refractivity contribution in [2.24, 2.45) is 0 Å². The molecule has 1 heterocycles. The number of nitrogen functional groups attached to an aromatic ring is 1. The minimum Gasteiger partial charge on any atom is -0.399 e. The van der Waals surface area contributed by atoms with Crippen molar-refractivity contribution < 1.29 is 9.31 Å². The molecule has 0 bridgehead atoms. The van der Waals surface area contributed by atoms with E-state index in [-0.39, 0.29) is 0 Å². The van der Waals surface area contributed by atoms with Crippen LogP contribution < -0.4 is 11.2 Å². The molecule has 3 nitrogen and oxygen atoms in total. The Kier molecular flexibility index (Phi) is 5.59. The SMILES string of the molecule is CC1(C)OB(c2c(-c3ccccc3)ccc(-c3ccccc3-c3ccccc3)c2N)OC1(C)C. The van der Waals surface area contributed by atoms with Gasteiger partial charge < -0.3 is 15.0 Å². The van der Waals surface area contributed by atoms with Gasteiger partial charge in [0.15, 0.2) is 0 Å². The lowest BCUT2D eigenvalue weighted by Gasteiger charge is -2.32. The summed E-state index contributed by atoms with van der Waals surface area (Å²) in [6, 6.07) is 33.4. The molecule has 0 radical (unpaired) electrons. The summed E-state index contributed by atoms with van der Waals surface area (Å²) in [4.78, 5) is 0. The molecule has 0 saturated carbocycles. The quantitative estimate of drug-likeness (QED) is 0.284. The first kappa shape index (κ1) is 22.5. The third-order valence-corrected chi connectivity index (χ3v) is 7.16. The van der Waals surface area contributed by atoms with E-state index in [1.54, 1.807) is 0 Å². The topological polar surface area (TPSA) is 44.5 Å². The highest BCUT2D eigenvalue weighted by Crippen LogP contribution is 2.41. The molecule has 0 spiro atoms. The molecule has 1 fully saturated rings. The molecule has 2 N–H and O–H groups in total. The van der Waals surface area contributed by atoms with Gasteiger partial charge in [0.1, 0.15) is 0 Å². The summed E-state index contributed by atoms with van der Waals surface area (Å²) in [6.07, 6.45) is 0. The van der Waals surface area contributed by atoms with E-state index in [0.717, 1.165) is 38.8 Å². The van der Waals surface area contributed by atoms with Crippen LogP contribution in [0.4, 0.5) is 5.69 Å². The minimum atomic E-state index is -0.566.